The lowest BCUT2D eigenvalue weighted by molar-refractivity contribution is 0.598. The van der Waals surface area contributed by atoms with Gasteiger partial charge in [0.15, 0.2) is 0 Å². The van der Waals surface area contributed by atoms with Gasteiger partial charge >= 0.3 is 0 Å². The molecule has 0 aliphatic carbocycles. The fourth-order valence-electron chi connectivity index (χ4n) is 1.99. The van der Waals surface area contributed by atoms with E-state index >= 15 is 0 Å². The lowest BCUT2D eigenvalue weighted by Crippen LogP contribution is -2.05. The van der Waals surface area contributed by atoms with Crippen LogP contribution in [-0.2, 0) is 6.54 Å². The van der Waals surface area contributed by atoms with Gasteiger partial charge in [-0.2, -0.15) is 0 Å². The minimum atomic E-state index is -0.157. The first kappa shape index (κ1) is 15.1. The standard InChI is InChI=1S/C17H20FNS/c1-12(2)14-5-7-15(8-6-14)20-17-9-4-13(11-19-3)10-16(17)18/h4-10,12,19H,11H2,1-3H3. The summed E-state index contributed by atoms with van der Waals surface area (Å²) in [5.74, 6) is 0.363. The van der Waals surface area contributed by atoms with E-state index in [9.17, 15) is 4.39 Å². The molecule has 0 radical (unpaired) electrons. The molecule has 0 unspecified atom stereocenters. The quantitative estimate of drug-likeness (QED) is 0.847. The average Bonchev–Trinajstić information content (AvgIpc) is 2.43. The van der Waals surface area contributed by atoms with E-state index in [2.05, 4.69) is 43.4 Å². The fourth-order valence-corrected chi connectivity index (χ4v) is 2.81. The van der Waals surface area contributed by atoms with Gasteiger partial charge in [0.2, 0.25) is 0 Å². The highest BCUT2D eigenvalue weighted by Crippen LogP contribution is 2.31. The first-order chi connectivity index (χ1) is 9.60. The smallest absolute Gasteiger partial charge is 0.137 e. The molecule has 106 valence electrons. The summed E-state index contributed by atoms with van der Waals surface area (Å²) in [6.07, 6.45) is 0. The van der Waals surface area contributed by atoms with Crippen molar-refractivity contribution in [2.75, 3.05) is 7.05 Å². The highest BCUT2D eigenvalue weighted by Gasteiger charge is 2.06. The van der Waals surface area contributed by atoms with Crippen molar-refractivity contribution in [2.45, 2.75) is 36.1 Å². The lowest BCUT2D eigenvalue weighted by Gasteiger charge is -2.08. The van der Waals surface area contributed by atoms with Crippen LogP contribution < -0.4 is 5.32 Å². The summed E-state index contributed by atoms with van der Waals surface area (Å²) < 4.78 is 14.0. The third kappa shape index (κ3) is 3.84. The van der Waals surface area contributed by atoms with Gasteiger partial charge in [0.25, 0.3) is 0 Å². The molecule has 20 heavy (non-hydrogen) atoms. The van der Waals surface area contributed by atoms with Gasteiger partial charge in [-0.3, -0.25) is 0 Å². The van der Waals surface area contributed by atoms with E-state index in [4.69, 9.17) is 0 Å². The fraction of sp³-hybridized carbons (Fsp3) is 0.294. The van der Waals surface area contributed by atoms with E-state index < -0.39 is 0 Å². The van der Waals surface area contributed by atoms with Crippen LogP contribution in [0, 0.1) is 5.82 Å². The third-order valence-corrected chi connectivity index (χ3v) is 4.21. The Labute approximate surface area is 124 Å². The highest BCUT2D eigenvalue weighted by molar-refractivity contribution is 7.99. The molecule has 2 rings (SSSR count). The Hall–Kier alpha value is -1.32. The van der Waals surface area contributed by atoms with Crippen molar-refractivity contribution in [3.8, 4) is 0 Å². The Bertz CT molecular complexity index is 564. The summed E-state index contributed by atoms with van der Waals surface area (Å²) in [5, 5.41) is 3.02. The molecule has 0 aromatic heterocycles. The van der Waals surface area contributed by atoms with E-state index in [1.807, 2.05) is 19.2 Å². The van der Waals surface area contributed by atoms with Crippen LogP contribution in [0.4, 0.5) is 4.39 Å². The molecule has 3 heteroatoms. The maximum Gasteiger partial charge on any atom is 0.137 e. The van der Waals surface area contributed by atoms with E-state index in [-0.39, 0.29) is 5.82 Å². The third-order valence-electron chi connectivity index (χ3n) is 3.15. The van der Waals surface area contributed by atoms with Crippen LogP contribution in [0.3, 0.4) is 0 Å². The van der Waals surface area contributed by atoms with Gasteiger partial charge in [-0.1, -0.05) is 43.8 Å². The summed E-state index contributed by atoms with van der Waals surface area (Å²) in [7, 11) is 1.86. The molecular weight excluding hydrogens is 269 g/mol. The molecule has 0 aliphatic rings. The minimum Gasteiger partial charge on any atom is -0.316 e. The minimum absolute atomic E-state index is 0.157. The van der Waals surface area contributed by atoms with Crippen molar-refractivity contribution in [1.29, 1.82) is 0 Å². The second-order valence-electron chi connectivity index (χ2n) is 5.12. The van der Waals surface area contributed by atoms with E-state index in [0.29, 0.717) is 17.4 Å². The van der Waals surface area contributed by atoms with Crippen molar-refractivity contribution in [3.05, 3.63) is 59.4 Å². The van der Waals surface area contributed by atoms with Crippen LogP contribution in [0.15, 0.2) is 52.3 Å². The largest absolute Gasteiger partial charge is 0.316 e. The zero-order chi connectivity index (χ0) is 14.5. The van der Waals surface area contributed by atoms with Gasteiger partial charge in [0, 0.05) is 16.3 Å². The molecule has 0 fully saturated rings. The van der Waals surface area contributed by atoms with Gasteiger partial charge in [-0.05, 0) is 48.4 Å². The number of hydrogen-bond acceptors (Lipinski definition) is 2. The zero-order valence-electron chi connectivity index (χ0n) is 12.1. The van der Waals surface area contributed by atoms with Gasteiger partial charge in [0.1, 0.15) is 5.82 Å². The topological polar surface area (TPSA) is 12.0 Å². The Kier molecular flexibility index (Phi) is 5.21. The van der Waals surface area contributed by atoms with Gasteiger partial charge in [0.05, 0.1) is 0 Å². The normalized spacial score (nSPS) is 11.1. The van der Waals surface area contributed by atoms with E-state index in [1.165, 1.54) is 17.3 Å². The van der Waals surface area contributed by atoms with Gasteiger partial charge < -0.3 is 5.32 Å². The van der Waals surface area contributed by atoms with Crippen LogP contribution in [0.2, 0.25) is 0 Å². The molecule has 0 aliphatic heterocycles. The Morgan fingerprint density at radius 3 is 2.35 bits per heavy atom. The van der Waals surface area contributed by atoms with E-state index in [0.717, 1.165) is 10.5 Å². The molecule has 1 nitrogen and oxygen atoms in total. The van der Waals surface area contributed by atoms with Crippen molar-refractivity contribution in [2.24, 2.45) is 0 Å². The van der Waals surface area contributed by atoms with Crippen molar-refractivity contribution >= 4 is 11.8 Å². The summed E-state index contributed by atoms with van der Waals surface area (Å²) >= 11 is 1.47. The van der Waals surface area contributed by atoms with Gasteiger partial charge in [-0.15, -0.1) is 0 Å². The number of rotatable bonds is 5. The maximum absolute atomic E-state index is 14.0. The molecule has 2 aromatic rings. The van der Waals surface area contributed by atoms with Crippen LogP contribution in [0.5, 0.6) is 0 Å². The first-order valence-corrected chi connectivity index (χ1v) is 7.62. The molecule has 0 saturated heterocycles. The Morgan fingerprint density at radius 1 is 1.10 bits per heavy atom. The predicted octanol–water partition coefficient (Wildman–Crippen LogP) is 4.82. The van der Waals surface area contributed by atoms with Crippen molar-refractivity contribution in [3.63, 3.8) is 0 Å². The SMILES string of the molecule is CNCc1ccc(Sc2ccc(C(C)C)cc2)c(F)c1. The van der Waals surface area contributed by atoms with Crippen LogP contribution >= 0.6 is 11.8 Å². The molecule has 0 atom stereocenters. The summed E-state index contributed by atoms with van der Waals surface area (Å²) in [6.45, 7) is 5.02. The monoisotopic (exact) mass is 289 g/mol. The van der Waals surface area contributed by atoms with Crippen LogP contribution in [-0.4, -0.2) is 7.05 Å². The molecule has 0 saturated carbocycles. The molecule has 2 aromatic carbocycles. The Morgan fingerprint density at radius 2 is 1.80 bits per heavy atom. The molecule has 1 N–H and O–H groups in total. The maximum atomic E-state index is 14.0. The van der Waals surface area contributed by atoms with Crippen LogP contribution in [0.1, 0.15) is 30.9 Å². The number of hydrogen-bond donors (Lipinski definition) is 1. The second-order valence-corrected chi connectivity index (χ2v) is 6.24. The van der Waals surface area contributed by atoms with Crippen molar-refractivity contribution in [1.82, 2.24) is 5.32 Å². The summed E-state index contributed by atoms with van der Waals surface area (Å²) in [6, 6.07) is 13.7. The molecule has 0 spiro atoms. The zero-order valence-corrected chi connectivity index (χ0v) is 12.9. The summed E-state index contributed by atoms with van der Waals surface area (Å²) in [5.41, 5.74) is 2.27. The number of benzene rings is 2. The van der Waals surface area contributed by atoms with Gasteiger partial charge in [-0.25, -0.2) is 4.39 Å². The molecule has 0 amide bonds. The van der Waals surface area contributed by atoms with E-state index in [1.54, 1.807) is 6.07 Å². The highest BCUT2D eigenvalue weighted by atomic mass is 32.2. The average molecular weight is 289 g/mol. The second kappa shape index (κ2) is 6.91. The van der Waals surface area contributed by atoms with Crippen molar-refractivity contribution < 1.29 is 4.39 Å². The molecular formula is C17H20FNS. The lowest BCUT2D eigenvalue weighted by atomic mass is 10.0. The summed E-state index contributed by atoms with van der Waals surface area (Å²) in [4.78, 5) is 1.73. The molecule has 0 bridgehead atoms. The number of halogens is 1. The molecule has 0 heterocycles. The van der Waals surface area contributed by atoms with Crippen LogP contribution in [0.25, 0.3) is 0 Å². The predicted molar refractivity (Wildman–Crippen MR) is 83.8 cm³/mol. The number of nitrogens with one attached hydrogen (secondary N) is 1. The first-order valence-electron chi connectivity index (χ1n) is 6.81. The Balaban J connectivity index is 2.13.